The van der Waals surface area contributed by atoms with E-state index in [2.05, 4.69) is 15.9 Å². The van der Waals surface area contributed by atoms with Gasteiger partial charge in [0.15, 0.2) is 4.67 Å². The molecule has 16 heavy (non-hydrogen) atoms. The molecule has 0 radical (unpaired) electrons. The Morgan fingerprint density at radius 3 is 2.69 bits per heavy atom. The molecular formula is C12H11BrFNO. The summed E-state index contributed by atoms with van der Waals surface area (Å²) in [5.74, 6) is -0.224. The van der Waals surface area contributed by atoms with E-state index in [4.69, 9.17) is 10.2 Å². The van der Waals surface area contributed by atoms with Gasteiger partial charge in [0.1, 0.15) is 5.82 Å². The molecule has 4 heteroatoms. The first-order valence-electron chi connectivity index (χ1n) is 4.90. The minimum atomic E-state index is -0.273. The summed E-state index contributed by atoms with van der Waals surface area (Å²) in [7, 11) is 0. The molecule has 0 aliphatic heterocycles. The molecule has 0 bridgehead atoms. The molecule has 0 amide bonds. The molecule has 2 N–H and O–H groups in total. The van der Waals surface area contributed by atoms with Gasteiger partial charge < -0.3 is 10.2 Å². The second-order valence-corrected chi connectivity index (χ2v) is 4.27. The quantitative estimate of drug-likeness (QED) is 0.938. The van der Waals surface area contributed by atoms with Crippen molar-refractivity contribution in [2.75, 3.05) is 0 Å². The second kappa shape index (κ2) is 4.80. The van der Waals surface area contributed by atoms with E-state index in [0.29, 0.717) is 16.7 Å². The Morgan fingerprint density at radius 2 is 2.06 bits per heavy atom. The van der Waals surface area contributed by atoms with Gasteiger partial charge in [0, 0.05) is 11.6 Å². The number of furan rings is 1. The highest BCUT2D eigenvalue weighted by molar-refractivity contribution is 9.10. The normalized spacial score (nSPS) is 12.7. The lowest BCUT2D eigenvalue weighted by Gasteiger charge is -2.10. The largest absolute Gasteiger partial charge is 0.457 e. The highest BCUT2D eigenvalue weighted by atomic mass is 79.9. The van der Waals surface area contributed by atoms with Crippen LogP contribution in [0.2, 0.25) is 0 Å². The maximum Gasteiger partial charge on any atom is 0.173 e. The van der Waals surface area contributed by atoms with Crippen LogP contribution in [0.1, 0.15) is 17.2 Å². The monoisotopic (exact) mass is 283 g/mol. The van der Waals surface area contributed by atoms with Crippen molar-refractivity contribution in [2.24, 2.45) is 5.73 Å². The zero-order valence-corrected chi connectivity index (χ0v) is 10.1. The van der Waals surface area contributed by atoms with Gasteiger partial charge in [0.05, 0.1) is 6.26 Å². The van der Waals surface area contributed by atoms with Crippen molar-refractivity contribution < 1.29 is 8.81 Å². The van der Waals surface area contributed by atoms with Crippen LogP contribution >= 0.6 is 15.9 Å². The molecule has 0 aliphatic rings. The van der Waals surface area contributed by atoms with Gasteiger partial charge in [-0.1, -0.05) is 18.2 Å². The SMILES string of the molecule is NC(Cc1ccccc1F)c1ccoc1Br. The highest BCUT2D eigenvalue weighted by Gasteiger charge is 2.14. The Hall–Kier alpha value is -1.13. The van der Waals surface area contributed by atoms with E-state index < -0.39 is 0 Å². The van der Waals surface area contributed by atoms with Gasteiger partial charge in [-0.25, -0.2) is 4.39 Å². The highest BCUT2D eigenvalue weighted by Crippen LogP contribution is 2.25. The molecule has 0 fully saturated rings. The Kier molecular flexibility index (Phi) is 3.41. The van der Waals surface area contributed by atoms with Crippen LogP contribution in [0.3, 0.4) is 0 Å². The zero-order valence-electron chi connectivity index (χ0n) is 8.49. The first-order chi connectivity index (χ1) is 7.68. The van der Waals surface area contributed by atoms with Gasteiger partial charge in [-0.3, -0.25) is 0 Å². The summed E-state index contributed by atoms with van der Waals surface area (Å²) < 4.78 is 19.1. The van der Waals surface area contributed by atoms with Crippen LogP contribution in [-0.2, 0) is 6.42 Å². The van der Waals surface area contributed by atoms with Crippen molar-refractivity contribution in [1.82, 2.24) is 0 Å². The fourth-order valence-corrected chi connectivity index (χ4v) is 2.11. The summed E-state index contributed by atoms with van der Waals surface area (Å²) in [4.78, 5) is 0. The van der Waals surface area contributed by atoms with Crippen molar-refractivity contribution in [2.45, 2.75) is 12.5 Å². The van der Waals surface area contributed by atoms with Gasteiger partial charge in [-0.15, -0.1) is 0 Å². The predicted molar refractivity (Wildman–Crippen MR) is 63.4 cm³/mol. The molecule has 2 aromatic rings. The Bertz CT molecular complexity index is 483. The summed E-state index contributed by atoms with van der Waals surface area (Å²) in [5.41, 5.74) is 7.45. The third kappa shape index (κ3) is 2.33. The van der Waals surface area contributed by atoms with Gasteiger partial charge >= 0.3 is 0 Å². The van der Waals surface area contributed by atoms with Crippen LogP contribution in [-0.4, -0.2) is 0 Å². The second-order valence-electron chi connectivity index (χ2n) is 3.55. The van der Waals surface area contributed by atoms with E-state index in [1.54, 1.807) is 30.5 Å². The molecule has 2 nitrogen and oxygen atoms in total. The first-order valence-corrected chi connectivity index (χ1v) is 5.69. The fraction of sp³-hybridized carbons (Fsp3) is 0.167. The molecule has 84 valence electrons. The van der Waals surface area contributed by atoms with Crippen LogP contribution in [0.4, 0.5) is 4.39 Å². The van der Waals surface area contributed by atoms with Crippen LogP contribution in [0.5, 0.6) is 0 Å². The smallest absolute Gasteiger partial charge is 0.173 e. The fourth-order valence-electron chi connectivity index (χ4n) is 1.58. The first kappa shape index (κ1) is 11.4. The van der Waals surface area contributed by atoms with Crippen molar-refractivity contribution >= 4 is 15.9 Å². The lowest BCUT2D eigenvalue weighted by molar-refractivity contribution is 0.529. The summed E-state index contributed by atoms with van der Waals surface area (Å²) in [6, 6.07) is 8.16. The van der Waals surface area contributed by atoms with Crippen LogP contribution < -0.4 is 5.73 Å². The van der Waals surface area contributed by atoms with Gasteiger partial charge in [-0.05, 0) is 40.0 Å². The maximum absolute atomic E-state index is 13.4. The Morgan fingerprint density at radius 1 is 1.31 bits per heavy atom. The van der Waals surface area contributed by atoms with Crippen molar-refractivity contribution in [1.29, 1.82) is 0 Å². The number of rotatable bonds is 3. The molecule has 1 aromatic carbocycles. The molecule has 1 unspecified atom stereocenters. The summed E-state index contributed by atoms with van der Waals surface area (Å²) in [6.07, 6.45) is 2.01. The van der Waals surface area contributed by atoms with Gasteiger partial charge in [0.2, 0.25) is 0 Å². The molecular weight excluding hydrogens is 273 g/mol. The lowest BCUT2D eigenvalue weighted by atomic mass is 10.0. The number of nitrogens with two attached hydrogens (primary N) is 1. The van der Waals surface area contributed by atoms with Crippen LogP contribution in [0.25, 0.3) is 0 Å². The third-order valence-corrected chi connectivity index (χ3v) is 3.09. The van der Waals surface area contributed by atoms with E-state index in [0.717, 1.165) is 5.56 Å². The van der Waals surface area contributed by atoms with Gasteiger partial charge in [-0.2, -0.15) is 0 Å². The van der Waals surface area contributed by atoms with E-state index >= 15 is 0 Å². The number of hydrogen-bond acceptors (Lipinski definition) is 2. The average Bonchev–Trinajstić information content (AvgIpc) is 2.68. The van der Waals surface area contributed by atoms with Crippen LogP contribution in [0, 0.1) is 5.82 Å². The van der Waals surface area contributed by atoms with Gasteiger partial charge in [0.25, 0.3) is 0 Å². The molecule has 0 spiro atoms. The minimum absolute atomic E-state index is 0.224. The molecule has 0 saturated heterocycles. The Balaban J connectivity index is 2.17. The molecule has 0 saturated carbocycles. The number of hydrogen-bond donors (Lipinski definition) is 1. The van der Waals surface area contributed by atoms with E-state index in [1.165, 1.54) is 6.07 Å². The van der Waals surface area contributed by atoms with E-state index in [1.807, 2.05) is 0 Å². The maximum atomic E-state index is 13.4. The van der Waals surface area contributed by atoms with E-state index in [9.17, 15) is 4.39 Å². The average molecular weight is 284 g/mol. The lowest BCUT2D eigenvalue weighted by Crippen LogP contribution is -2.13. The van der Waals surface area contributed by atoms with Crippen molar-refractivity contribution in [3.05, 3.63) is 58.2 Å². The third-order valence-electron chi connectivity index (χ3n) is 2.44. The number of benzene rings is 1. The Labute approximate surface area is 101 Å². The summed E-state index contributed by atoms with van der Waals surface area (Å²) in [5, 5.41) is 0. The molecule has 0 aliphatic carbocycles. The molecule has 1 heterocycles. The van der Waals surface area contributed by atoms with Crippen molar-refractivity contribution in [3.8, 4) is 0 Å². The molecule has 1 aromatic heterocycles. The molecule has 1 atom stereocenters. The van der Waals surface area contributed by atoms with Crippen LogP contribution in [0.15, 0.2) is 45.7 Å². The minimum Gasteiger partial charge on any atom is -0.457 e. The summed E-state index contributed by atoms with van der Waals surface area (Å²) in [6.45, 7) is 0. The number of halogens is 2. The zero-order chi connectivity index (χ0) is 11.5. The van der Waals surface area contributed by atoms with Crippen molar-refractivity contribution in [3.63, 3.8) is 0 Å². The van der Waals surface area contributed by atoms with E-state index in [-0.39, 0.29) is 11.9 Å². The summed E-state index contributed by atoms with van der Waals surface area (Å²) >= 11 is 3.26. The topological polar surface area (TPSA) is 39.2 Å². The predicted octanol–water partition coefficient (Wildman–Crippen LogP) is 3.42. The standard InChI is InChI=1S/C12H11BrFNO/c13-12-9(5-6-16-12)11(15)7-8-3-1-2-4-10(8)14/h1-6,11H,7,15H2. The molecule has 2 rings (SSSR count).